The van der Waals surface area contributed by atoms with Gasteiger partial charge >= 0.3 is 0 Å². The summed E-state index contributed by atoms with van der Waals surface area (Å²) in [5.41, 5.74) is 2.78. The molecule has 1 aliphatic heterocycles. The quantitative estimate of drug-likeness (QED) is 0.737. The van der Waals surface area contributed by atoms with Gasteiger partial charge in [0.2, 0.25) is 0 Å². The first-order chi connectivity index (χ1) is 11.2. The van der Waals surface area contributed by atoms with Crippen LogP contribution in [-0.4, -0.2) is 42.4 Å². The van der Waals surface area contributed by atoms with Gasteiger partial charge in [0.15, 0.2) is 17.7 Å². The Hall–Kier alpha value is -3.08. The topological polar surface area (TPSA) is 87.1 Å². The van der Waals surface area contributed by atoms with Crippen molar-refractivity contribution in [2.45, 2.75) is 12.3 Å². The van der Waals surface area contributed by atoms with Gasteiger partial charge in [-0.1, -0.05) is 0 Å². The fraction of sp³-hybridized carbons (Fsp3) is 0.333. The van der Waals surface area contributed by atoms with Crippen molar-refractivity contribution < 1.29 is 0 Å². The highest BCUT2D eigenvalue weighted by molar-refractivity contribution is 5.72. The summed E-state index contributed by atoms with van der Waals surface area (Å²) in [6, 6.07) is 4.00. The van der Waals surface area contributed by atoms with Crippen molar-refractivity contribution in [2.75, 3.05) is 18.4 Å². The second-order valence-electron chi connectivity index (χ2n) is 5.75. The van der Waals surface area contributed by atoms with E-state index in [2.05, 4.69) is 32.8 Å². The Morgan fingerprint density at radius 2 is 2.35 bits per heavy atom. The smallest absolute Gasteiger partial charge is 0.179 e. The summed E-state index contributed by atoms with van der Waals surface area (Å²) >= 11 is 0. The van der Waals surface area contributed by atoms with E-state index in [4.69, 9.17) is 5.26 Å². The number of rotatable bonds is 3. The summed E-state index contributed by atoms with van der Waals surface area (Å²) in [7, 11) is 1.88. The normalized spacial score (nSPS) is 17.6. The third-order valence-electron chi connectivity index (χ3n) is 4.17. The minimum absolute atomic E-state index is 0.326. The molecule has 1 fully saturated rings. The summed E-state index contributed by atoms with van der Waals surface area (Å²) < 4.78 is 3.52. The molecule has 8 nitrogen and oxygen atoms in total. The number of likely N-dealkylation sites (tertiary alicyclic amines) is 1. The first-order valence-electron chi connectivity index (χ1n) is 7.47. The predicted molar refractivity (Wildman–Crippen MR) is 84.0 cm³/mol. The van der Waals surface area contributed by atoms with Crippen molar-refractivity contribution in [2.24, 2.45) is 7.05 Å². The Morgan fingerprint density at radius 3 is 3.09 bits per heavy atom. The molecule has 0 saturated carbocycles. The van der Waals surface area contributed by atoms with E-state index in [9.17, 15) is 0 Å². The number of nitrogens with one attached hydrogen (secondary N) is 1. The Kier molecular flexibility index (Phi) is 3.12. The van der Waals surface area contributed by atoms with Gasteiger partial charge in [-0.2, -0.15) is 15.5 Å². The van der Waals surface area contributed by atoms with Crippen molar-refractivity contribution in [3.8, 4) is 6.19 Å². The predicted octanol–water partition coefficient (Wildman–Crippen LogP) is 1.48. The van der Waals surface area contributed by atoms with Crippen LogP contribution in [0.1, 0.15) is 17.9 Å². The van der Waals surface area contributed by atoms with Crippen LogP contribution in [0.25, 0.3) is 5.65 Å². The van der Waals surface area contributed by atoms with Crippen molar-refractivity contribution in [1.29, 1.82) is 5.26 Å². The maximum Gasteiger partial charge on any atom is 0.179 e. The molecule has 1 N–H and O–H groups in total. The molecule has 3 aromatic rings. The van der Waals surface area contributed by atoms with Gasteiger partial charge in [-0.25, -0.2) is 9.50 Å². The number of fused-ring (bicyclic) bond motifs is 1. The van der Waals surface area contributed by atoms with Gasteiger partial charge in [-0.05, 0) is 18.1 Å². The van der Waals surface area contributed by atoms with Crippen molar-refractivity contribution in [1.82, 2.24) is 29.3 Å². The first-order valence-corrected chi connectivity index (χ1v) is 7.47. The molecule has 3 aromatic heterocycles. The molecule has 23 heavy (non-hydrogen) atoms. The van der Waals surface area contributed by atoms with E-state index >= 15 is 0 Å². The molecule has 116 valence electrons. The highest BCUT2D eigenvalue weighted by Gasteiger charge is 2.24. The van der Waals surface area contributed by atoms with E-state index in [1.54, 1.807) is 20.4 Å². The third-order valence-corrected chi connectivity index (χ3v) is 4.17. The van der Waals surface area contributed by atoms with E-state index in [0.29, 0.717) is 5.92 Å². The Morgan fingerprint density at radius 1 is 1.43 bits per heavy atom. The zero-order valence-electron chi connectivity index (χ0n) is 12.7. The van der Waals surface area contributed by atoms with E-state index in [1.165, 1.54) is 0 Å². The Bertz CT molecular complexity index is 886. The van der Waals surface area contributed by atoms with Crippen LogP contribution in [0.2, 0.25) is 0 Å². The molecule has 0 aliphatic carbocycles. The monoisotopic (exact) mass is 308 g/mol. The lowest BCUT2D eigenvalue weighted by Gasteiger charge is -2.13. The van der Waals surface area contributed by atoms with Crippen molar-refractivity contribution >= 4 is 17.2 Å². The molecular weight excluding hydrogens is 292 g/mol. The van der Waals surface area contributed by atoms with Crippen LogP contribution in [0.4, 0.5) is 11.5 Å². The summed E-state index contributed by atoms with van der Waals surface area (Å²) in [5, 5.41) is 21.0. The average Bonchev–Trinajstić information content (AvgIpc) is 3.26. The number of hydrogen-bond acceptors (Lipinski definition) is 6. The molecule has 4 heterocycles. The van der Waals surface area contributed by atoms with Crippen molar-refractivity contribution in [3.05, 3.63) is 36.4 Å². The maximum atomic E-state index is 9.05. The van der Waals surface area contributed by atoms with E-state index < -0.39 is 0 Å². The molecule has 1 atom stereocenters. The second-order valence-corrected chi connectivity index (χ2v) is 5.75. The molecular formula is C15H16N8. The summed E-state index contributed by atoms with van der Waals surface area (Å²) in [6.07, 6.45) is 8.61. The summed E-state index contributed by atoms with van der Waals surface area (Å²) in [6.45, 7) is 1.55. The van der Waals surface area contributed by atoms with Crippen LogP contribution in [-0.2, 0) is 7.05 Å². The molecule has 0 radical (unpaired) electrons. The van der Waals surface area contributed by atoms with E-state index in [-0.39, 0.29) is 0 Å². The van der Waals surface area contributed by atoms with Crippen molar-refractivity contribution in [3.63, 3.8) is 0 Å². The van der Waals surface area contributed by atoms with Crippen LogP contribution in [0, 0.1) is 11.5 Å². The molecule has 0 spiro atoms. The zero-order valence-corrected chi connectivity index (χ0v) is 12.7. The lowest BCUT2D eigenvalue weighted by Crippen LogP contribution is -2.13. The molecule has 1 saturated heterocycles. The molecule has 1 aliphatic rings. The molecule has 8 heteroatoms. The summed E-state index contributed by atoms with van der Waals surface area (Å²) in [4.78, 5) is 6.11. The van der Waals surface area contributed by atoms with Crippen LogP contribution in [0.5, 0.6) is 0 Å². The first kappa shape index (κ1) is 13.6. The van der Waals surface area contributed by atoms with Gasteiger partial charge in [0.05, 0.1) is 5.69 Å². The highest BCUT2D eigenvalue weighted by atomic mass is 15.3. The number of pyridine rings is 1. The number of nitrogens with zero attached hydrogens (tertiary/aromatic N) is 7. The fourth-order valence-electron chi connectivity index (χ4n) is 3.01. The maximum absolute atomic E-state index is 9.05. The lowest BCUT2D eigenvalue weighted by molar-refractivity contribution is 0.479. The van der Waals surface area contributed by atoms with Gasteiger partial charge in [0, 0.05) is 44.5 Å². The molecule has 0 bridgehead atoms. The van der Waals surface area contributed by atoms with Crippen LogP contribution < -0.4 is 5.32 Å². The molecule has 0 amide bonds. The van der Waals surface area contributed by atoms with Gasteiger partial charge in [-0.15, -0.1) is 0 Å². The van der Waals surface area contributed by atoms with Crippen LogP contribution >= 0.6 is 0 Å². The Labute approximate surface area is 133 Å². The fourth-order valence-corrected chi connectivity index (χ4v) is 3.01. The van der Waals surface area contributed by atoms with Gasteiger partial charge in [0.1, 0.15) is 6.33 Å². The minimum Gasteiger partial charge on any atom is -0.336 e. The van der Waals surface area contributed by atoms with E-state index in [1.807, 2.05) is 25.5 Å². The molecule has 0 aromatic carbocycles. The van der Waals surface area contributed by atoms with Gasteiger partial charge in [-0.3, -0.25) is 4.68 Å². The second kappa shape index (κ2) is 5.28. The van der Waals surface area contributed by atoms with Gasteiger partial charge < -0.3 is 10.2 Å². The lowest BCUT2D eigenvalue weighted by atomic mass is 10.00. The number of nitriles is 1. The zero-order chi connectivity index (χ0) is 15.8. The minimum atomic E-state index is 0.326. The largest absolute Gasteiger partial charge is 0.336 e. The molecule has 1 unspecified atom stereocenters. The number of hydrogen-bond donors (Lipinski definition) is 1. The Balaban J connectivity index is 1.71. The highest BCUT2D eigenvalue weighted by Crippen LogP contribution is 2.30. The van der Waals surface area contributed by atoms with E-state index in [0.717, 1.165) is 42.2 Å². The molecule has 4 rings (SSSR count). The standard InChI is InChI=1S/C15H16N8/c1-21-4-3-14(20-21)19-13-6-12(8-23-15(13)17-10-18-23)11-2-5-22(7-11)9-16/h3-4,6,8,10-11H,2,5,7H2,1H3,(H,19,20). The van der Waals surface area contributed by atoms with Crippen LogP contribution in [0.3, 0.4) is 0 Å². The number of aryl methyl sites for hydroxylation is 1. The van der Waals surface area contributed by atoms with Gasteiger partial charge in [0.25, 0.3) is 0 Å². The SMILES string of the molecule is Cn1ccc(Nc2cc(C3CCN(C#N)C3)cn3ncnc23)n1. The number of aromatic nitrogens is 5. The van der Waals surface area contributed by atoms with Crippen LogP contribution in [0.15, 0.2) is 30.9 Å². The summed E-state index contributed by atoms with van der Waals surface area (Å²) in [5.74, 6) is 1.09. The number of anilines is 2. The third kappa shape index (κ3) is 2.46. The average molecular weight is 308 g/mol.